The monoisotopic (exact) mass is 311 g/mol. The van der Waals surface area contributed by atoms with Gasteiger partial charge in [-0.2, -0.15) is 8.42 Å². The average Bonchev–Trinajstić information content (AvgIpc) is 2.22. The molecule has 0 heterocycles. The second-order valence-electron chi connectivity index (χ2n) is 5.26. The predicted molar refractivity (Wildman–Crippen MR) is 74.9 cm³/mol. The average molecular weight is 311 g/mol. The van der Waals surface area contributed by atoms with Crippen LogP contribution in [0.1, 0.15) is 27.2 Å². The Morgan fingerprint density at radius 1 is 1.15 bits per heavy atom. The molecule has 0 fully saturated rings. The normalized spacial score (nSPS) is 12.4. The van der Waals surface area contributed by atoms with Crippen LogP contribution < -0.4 is 5.32 Å². The van der Waals surface area contributed by atoms with E-state index in [2.05, 4.69) is 9.50 Å². The van der Waals surface area contributed by atoms with Gasteiger partial charge in [0, 0.05) is 6.61 Å². The number of hydrogen-bond acceptors (Lipinski definition) is 7. The highest BCUT2D eigenvalue weighted by Crippen LogP contribution is 2.06. The maximum atomic E-state index is 11.3. The van der Waals surface area contributed by atoms with E-state index in [9.17, 15) is 13.2 Å². The molecule has 0 aromatic rings. The van der Waals surface area contributed by atoms with Crippen LogP contribution in [0.4, 0.5) is 0 Å². The third-order valence-corrected chi connectivity index (χ3v) is 2.45. The van der Waals surface area contributed by atoms with E-state index in [1.54, 1.807) is 0 Å². The van der Waals surface area contributed by atoms with Crippen LogP contribution in [-0.4, -0.2) is 59.2 Å². The van der Waals surface area contributed by atoms with Gasteiger partial charge < -0.3 is 14.8 Å². The van der Waals surface area contributed by atoms with Crippen molar-refractivity contribution in [1.82, 2.24) is 5.32 Å². The maximum absolute atomic E-state index is 11.3. The standard InChI is InChI=1S/C12H25NO6S/c1-12(2,3)19-11(14)10-13-6-5-7-17-8-9-18-20(4,15)16/h13H,5-10H2,1-4H3. The van der Waals surface area contributed by atoms with E-state index < -0.39 is 15.7 Å². The van der Waals surface area contributed by atoms with E-state index in [1.165, 1.54) is 0 Å². The molecule has 7 nitrogen and oxygen atoms in total. The zero-order valence-corrected chi connectivity index (χ0v) is 13.4. The molecule has 0 saturated heterocycles. The molecule has 0 spiro atoms. The van der Waals surface area contributed by atoms with Gasteiger partial charge in [-0.25, -0.2) is 0 Å². The number of carbonyl (C=O) groups is 1. The van der Waals surface area contributed by atoms with Crippen molar-refractivity contribution < 1.29 is 26.9 Å². The minimum absolute atomic E-state index is 0.0180. The van der Waals surface area contributed by atoms with Crippen LogP contribution in [0.15, 0.2) is 0 Å². The Balaban J connectivity index is 3.35. The fraction of sp³-hybridized carbons (Fsp3) is 0.917. The molecule has 0 aliphatic heterocycles. The molecule has 0 atom stereocenters. The predicted octanol–water partition coefficient (Wildman–Crippen LogP) is 0.301. The molecule has 0 rings (SSSR count). The highest BCUT2D eigenvalue weighted by Gasteiger charge is 2.15. The second-order valence-corrected chi connectivity index (χ2v) is 6.90. The van der Waals surface area contributed by atoms with Crippen LogP contribution in [0.2, 0.25) is 0 Å². The Kier molecular flexibility index (Phi) is 8.95. The summed E-state index contributed by atoms with van der Waals surface area (Å²) in [6, 6.07) is 0. The summed E-state index contributed by atoms with van der Waals surface area (Å²) in [5, 5.41) is 2.94. The van der Waals surface area contributed by atoms with Gasteiger partial charge in [0.15, 0.2) is 0 Å². The summed E-state index contributed by atoms with van der Waals surface area (Å²) in [6.45, 7) is 6.93. The van der Waals surface area contributed by atoms with Crippen molar-refractivity contribution in [1.29, 1.82) is 0 Å². The molecule has 0 amide bonds. The van der Waals surface area contributed by atoms with Crippen molar-refractivity contribution in [2.45, 2.75) is 32.8 Å². The molecular formula is C12H25NO6S. The van der Waals surface area contributed by atoms with Crippen molar-refractivity contribution in [3.63, 3.8) is 0 Å². The second kappa shape index (κ2) is 9.28. The molecule has 0 bridgehead atoms. The van der Waals surface area contributed by atoms with Gasteiger partial charge in [0.25, 0.3) is 10.1 Å². The molecule has 1 N–H and O–H groups in total. The number of ether oxygens (including phenoxy) is 2. The van der Waals surface area contributed by atoms with E-state index in [-0.39, 0.29) is 25.7 Å². The maximum Gasteiger partial charge on any atom is 0.320 e. The van der Waals surface area contributed by atoms with Crippen molar-refractivity contribution in [2.75, 3.05) is 39.2 Å². The van der Waals surface area contributed by atoms with Crippen molar-refractivity contribution in [3.05, 3.63) is 0 Å². The van der Waals surface area contributed by atoms with Crippen LogP contribution >= 0.6 is 0 Å². The van der Waals surface area contributed by atoms with Gasteiger partial charge >= 0.3 is 5.97 Å². The highest BCUT2D eigenvalue weighted by atomic mass is 32.2. The third kappa shape index (κ3) is 15.4. The SMILES string of the molecule is CC(C)(C)OC(=O)CNCCCOCCOS(C)(=O)=O. The minimum Gasteiger partial charge on any atom is -0.459 e. The number of hydrogen-bond donors (Lipinski definition) is 1. The van der Waals surface area contributed by atoms with Gasteiger partial charge in [0.1, 0.15) is 5.60 Å². The molecule has 0 aliphatic carbocycles. The minimum atomic E-state index is -3.39. The van der Waals surface area contributed by atoms with Gasteiger partial charge in [-0.15, -0.1) is 0 Å². The lowest BCUT2D eigenvalue weighted by atomic mass is 10.2. The topological polar surface area (TPSA) is 90.9 Å². The smallest absolute Gasteiger partial charge is 0.320 e. The first-order valence-corrected chi connectivity index (χ1v) is 8.26. The number of esters is 1. The zero-order chi connectivity index (χ0) is 15.6. The van der Waals surface area contributed by atoms with Crippen LogP contribution in [0.5, 0.6) is 0 Å². The molecule has 8 heteroatoms. The molecule has 0 aromatic carbocycles. The van der Waals surface area contributed by atoms with Crippen LogP contribution in [0.3, 0.4) is 0 Å². The zero-order valence-electron chi connectivity index (χ0n) is 12.6. The summed E-state index contributed by atoms with van der Waals surface area (Å²) in [5.74, 6) is -0.292. The van der Waals surface area contributed by atoms with Crippen molar-refractivity contribution >= 4 is 16.1 Å². The Bertz CT molecular complexity index is 374. The highest BCUT2D eigenvalue weighted by molar-refractivity contribution is 7.85. The summed E-state index contributed by atoms with van der Waals surface area (Å²) in [7, 11) is -3.39. The molecule has 0 radical (unpaired) electrons. The fourth-order valence-electron chi connectivity index (χ4n) is 1.21. The van der Waals surface area contributed by atoms with Crippen molar-refractivity contribution in [3.8, 4) is 0 Å². The van der Waals surface area contributed by atoms with Gasteiger partial charge in [-0.3, -0.25) is 8.98 Å². The van der Waals surface area contributed by atoms with Gasteiger partial charge in [0.05, 0.1) is 26.0 Å². The van der Waals surface area contributed by atoms with E-state index >= 15 is 0 Å². The first-order chi connectivity index (χ1) is 9.10. The first-order valence-electron chi connectivity index (χ1n) is 6.45. The molecule has 120 valence electrons. The lowest BCUT2D eigenvalue weighted by molar-refractivity contribution is -0.153. The lowest BCUT2D eigenvalue weighted by Crippen LogP contribution is -2.32. The third-order valence-electron chi connectivity index (χ3n) is 1.86. The Labute approximate surface area is 121 Å². The van der Waals surface area contributed by atoms with Gasteiger partial charge in [0.2, 0.25) is 0 Å². The summed E-state index contributed by atoms with van der Waals surface area (Å²) in [6.07, 6.45) is 1.70. The number of rotatable bonds is 10. The largest absolute Gasteiger partial charge is 0.459 e. The summed E-state index contributed by atoms with van der Waals surface area (Å²) in [5.41, 5.74) is -0.471. The summed E-state index contributed by atoms with van der Waals surface area (Å²) >= 11 is 0. The molecule has 0 saturated carbocycles. The van der Waals surface area contributed by atoms with Crippen LogP contribution in [-0.2, 0) is 28.6 Å². The molecular weight excluding hydrogens is 286 g/mol. The van der Waals surface area contributed by atoms with Gasteiger partial charge in [-0.1, -0.05) is 0 Å². The molecule has 0 aromatic heterocycles. The first kappa shape index (κ1) is 19.3. The summed E-state index contributed by atoms with van der Waals surface area (Å²) in [4.78, 5) is 11.3. The Morgan fingerprint density at radius 2 is 1.80 bits per heavy atom. The van der Waals surface area contributed by atoms with Crippen LogP contribution in [0.25, 0.3) is 0 Å². The fourth-order valence-corrected chi connectivity index (χ4v) is 1.58. The summed E-state index contributed by atoms with van der Waals surface area (Å²) < 4.78 is 36.1. The quantitative estimate of drug-likeness (QED) is 0.352. The molecule has 0 aliphatic rings. The Hall–Kier alpha value is -0.700. The number of carbonyl (C=O) groups excluding carboxylic acids is 1. The van der Waals surface area contributed by atoms with Crippen molar-refractivity contribution in [2.24, 2.45) is 0 Å². The van der Waals surface area contributed by atoms with E-state index in [0.29, 0.717) is 19.6 Å². The van der Waals surface area contributed by atoms with Crippen LogP contribution in [0, 0.1) is 0 Å². The number of nitrogens with one attached hydrogen (secondary N) is 1. The van der Waals surface area contributed by atoms with E-state index in [4.69, 9.17) is 9.47 Å². The van der Waals surface area contributed by atoms with E-state index in [1.807, 2.05) is 20.8 Å². The van der Waals surface area contributed by atoms with Gasteiger partial charge in [-0.05, 0) is 33.7 Å². The lowest BCUT2D eigenvalue weighted by Gasteiger charge is -2.19. The molecule has 0 unspecified atom stereocenters. The molecule has 20 heavy (non-hydrogen) atoms. The van der Waals surface area contributed by atoms with E-state index in [0.717, 1.165) is 6.26 Å². The Morgan fingerprint density at radius 3 is 2.35 bits per heavy atom.